The van der Waals surface area contributed by atoms with E-state index in [0.29, 0.717) is 18.8 Å². The van der Waals surface area contributed by atoms with E-state index >= 15 is 0 Å². The van der Waals surface area contributed by atoms with Gasteiger partial charge in [-0.2, -0.15) is 0 Å². The number of nitro groups is 1. The fourth-order valence-corrected chi connectivity index (χ4v) is 1.83. The summed E-state index contributed by atoms with van der Waals surface area (Å²) < 4.78 is 0. The highest BCUT2D eigenvalue weighted by Crippen LogP contribution is 2.24. The number of pyridine rings is 1. The predicted octanol–water partition coefficient (Wildman–Crippen LogP) is 3.03. The molecule has 1 heterocycles. The molecule has 2 aromatic rings. The fourth-order valence-electron chi connectivity index (χ4n) is 1.83. The first kappa shape index (κ1) is 13.8. The minimum Gasteiger partial charge on any atom is -0.385 e. The van der Waals surface area contributed by atoms with Crippen LogP contribution in [0.1, 0.15) is 12.5 Å². The van der Waals surface area contributed by atoms with E-state index in [9.17, 15) is 10.1 Å². The van der Waals surface area contributed by atoms with Gasteiger partial charge in [0.25, 0.3) is 5.69 Å². The molecule has 6 nitrogen and oxygen atoms in total. The van der Waals surface area contributed by atoms with Gasteiger partial charge in [0.05, 0.1) is 4.92 Å². The van der Waals surface area contributed by atoms with Gasteiger partial charge in [0.1, 0.15) is 0 Å². The summed E-state index contributed by atoms with van der Waals surface area (Å²) >= 11 is 0. The minimum absolute atomic E-state index is 0.0668. The average Bonchev–Trinajstić information content (AvgIpc) is 2.46. The third kappa shape index (κ3) is 3.68. The molecule has 0 atom stereocenters. The van der Waals surface area contributed by atoms with E-state index in [1.807, 2.05) is 25.1 Å². The zero-order valence-electron chi connectivity index (χ0n) is 11.2. The van der Waals surface area contributed by atoms with Crippen molar-refractivity contribution >= 4 is 17.1 Å². The molecule has 2 rings (SSSR count). The molecular weight excluding hydrogens is 256 g/mol. The van der Waals surface area contributed by atoms with E-state index < -0.39 is 4.92 Å². The van der Waals surface area contributed by atoms with Crippen LogP contribution >= 0.6 is 0 Å². The first-order chi connectivity index (χ1) is 9.69. The second-order valence-corrected chi connectivity index (χ2v) is 4.27. The molecule has 0 saturated heterocycles. The highest BCUT2D eigenvalue weighted by molar-refractivity contribution is 5.63. The monoisotopic (exact) mass is 272 g/mol. The molecular formula is C14H16N4O2. The molecule has 1 aromatic heterocycles. The molecule has 2 N–H and O–H groups in total. The van der Waals surface area contributed by atoms with E-state index in [1.165, 1.54) is 12.1 Å². The van der Waals surface area contributed by atoms with E-state index in [0.717, 1.165) is 11.3 Å². The number of hydrogen-bond acceptors (Lipinski definition) is 5. The van der Waals surface area contributed by atoms with Crippen LogP contribution in [-0.4, -0.2) is 16.5 Å². The number of nitrogens with zero attached hydrogens (tertiary/aromatic N) is 2. The van der Waals surface area contributed by atoms with Gasteiger partial charge in [-0.3, -0.25) is 15.1 Å². The maximum Gasteiger partial charge on any atom is 0.273 e. The number of nitro benzene ring substituents is 1. The summed E-state index contributed by atoms with van der Waals surface area (Å²) in [6, 6.07) is 8.71. The molecule has 0 bridgehead atoms. The molecule has 0 spiro atoms. The standard InChI is InChI=1S/C14H16N4O2/c1-2-16-12-6-13(8-14(7-12)18(19)20)17-10-11-4-3-5-15-9-11/h3-9,16-17H,2,10H2,1H3. The minimum atomic E-state index is -0.393. The molecule has 6 heteroatoms. The summed E-state index contributed by atoms with van der Waals surface area (Å²) in [6.07, 6.45) is 3.47. The fraction of sp³-hybridized carbons (Fsp3) is 0.214. The van der Waals surface area contributed by atoms with Gasteiger partial charge in [-0.25, -0.2) is 0 Å². The van der Waals surface area contributed by atoms with Crippen LogP contribution in [0.5, 0.6) is 0 Å². The highest BCUT2D eigenvalue weighted by Gasteiger charge is 2.09. The lowest BCUT2D eigenvalue weighted by atomic mass is 10.2. The molecule has 104 valence electrons. The molecule has 1 aromatic carbocycles. The lowest BCUT2D eigenvalue weighted by molar-refractivity contribution is -0.384. The van der Waals surface area contributed by atoms with E-state index in [2.05, 4.69) is 15.6 Å². The number of non-ortho nitro benzene ring substituents is 1. The quantitative estimate of drug-likeness (QED) is 0.624. The topological polar surface area (TPSA) is 80.1 Å². The van der Waals surface area contributed by atoms with Crippen LogP contribution in [0, 0.1) is 10.1 Å². The summed E-state index contributed by atoms with van der Waals surface area (Å²) in [4.78, 5) is 14.6. The zero-order valence-corrected chi connectivity index (χ0v) is 11.2. The molecule has 20 heavy (non-hydrogen) atoms. The van der Waals surface area contributed by atoms with E-state index in [1.54, 1.807) is 12.4 Å². The largest absolute Gasteiger partial charge is 0.385 e. The van der Waals surface area contributed by atoms with E-state index in [-0.39, 0.29) is 5.69 Å². The van der Waals surface area contributed by atoms with Crippen molar-refractivity contribution in [1.82, 2.24) is 4.98 Å². The Labute approximate surface area is 117 Å². The summed E-state index contributed by atoms with van der Waals surface area (Å²) in [7, 11) is 0. The van der Waals surface area contributed by atoms with Gasteiger partial charge < -0.3 is 10.6 Å². The highest BCUT2D eigenvalue weighted by atomic mass is 16.6. The van der Waals surface area contributed by atoms with Crippen molar-refractivity contribution in [2.75, 3.05) is 17.2 Å². The van der Waals surface area contributed by atoms with Crippen LogP contribution in [0.4, 0.5) is 17.1 Å². The van der Waals surface area contributed by atoms with Gasteiger partial charge >= 0.3 is 0 Å². The Morgan fingerprint density at radius 1 is 1.25 bits per heavy atom. The van der Waals surface area contributed by atoms with Crippen molar-refractivity contribution in [3.05, 3.63) is 58.4 Å². The van der Waals surface area contributed by atoms with Crippen molar-refractivity contribution in [3.8, 4) is 0 Å². The molecule has 0 aliphatic rings. The number of hydrogen-bond donors (Lipinski definition) is 2. The second-order valence-electron chi connectivity index (χ2n) is 4.27. The summed E-state index contributed by atoms with van der Waals surface area (Å²) in [5.74, 6) is 0. The van der Waals surface area contributed by atoms with Crippen LogP contribution in [0.15, 0.2) is 42.7 Å². The molecule has 0 saturated carbocycles. The molecule has 0 amide bonds. The Balaban J connectivity index is 2.15. The molecule has 0 aliphatic carbocycles. The molecule has 0 aliphatic heterocycles. The van der Waals surface area contributed by atoms with Crippen molar-refractivity contribution in [2.24, 2.45) is 0 Å². The Hall–Kier alpha value is -2.63. The van der Waals surface area contributed by atoms with Gasteiger partial charge in [-0.1, -0.05) is 6.07 Å². The first-order valence-corrected chi connectivity index (χ1v) is 6.35. The summed E-state index contributed by atoms with van der Waals surface area (Å²) in [6.45, 7) is 3.23. The molecule has 0 fully saturated rings. The van der Waals surface area contributed by atoms with Crippen molar-refractivity contribution in [1.29, 1.82) is 0 Å². The average molecular weight is 272 g/mol. The predicted molar refractivity (Wildman–Crippen MR) is 78.8 cm³/mol. The number of aromatic nitrogens is 1. The number of anilines is 2. The normalized spacial score (nSPS) is 10.1. The van der Waals surface area contributed by atoms with Crippen LogP contribution in [0.25, 0.3) is 0 Å². The maximum atomic E-state index is 10.9. The third-order valence-corrected chi connectivity index (χ3v) is 2.73. The third-order valence-electron chi connectivity index (χ3n) is 2.73. The molecule has 0 unspecified atom stereocenters. The SMILES string of the molecule is CCNc1cc(NCc2cccnc2)cc([N+](=O)[O-])c1. The Bertz CT molecular complexity index is 587. The van der Waals surface area contributed by atoms with Crippen molar-refractivity contribution < 1.29 is 4.92 Å². The van der Waals surface area contributed by atoms with Gasteiger partial charge in [0.2, 0.25) is 0 Å². The maximum absolute atomic E-state index is 10.9. The Kier molecular flexibility index (Phi) is 4.49. The number of benzene rings is 1. The van der Waals surface area contributed by atoms with Gasteiger partial charge in [0, 0.05) is 49.0 Å². The number of rotatable bonds is 6. The van der Waals surface area contributed by atoms with Gasteiger partial charge in [0.15, 0.2) is 0 Å². The van der Waals surface area contributed by atoms with Crippen LogP contribution in [-0.2, 0) is 6.54 Å². The van der Waals surface area contributed by atoms with Gasteiger partial charge in [-0.05, 0) is 24.6 Å². The van der Waals surface area contributed by atoms with Crippen LogP contribution < -0.4 is 10.6 Å². The second kappa shape index (κ2) is 6.51. The lowest BCUT2D eigenvalue weighted by Gasteiger charge is -2.09. The smallest absolute Gasteiger partial charge is 0.273 e. The Morgan fingerprint density at radius 2 is 2.00 bits per heavy atom. The van der Waals surface area contributed by atoms with Gasteiger partial charge in [-0.15, -0.1) is 0 Å². The zero-order chi connectivity index (χ0) is 14.4. The van der Waals surface area contributed by atoms with Crippen LogP contribution in [0.3, 0.4) is 0 Å². The number of nitrogens with one attached hydrogen (secondary N) is 2. The van der Waals surface area contributed by atoms with Crippen molar-refractivity contribution in [2.45, 2.75) is 13.5 Å². The summed E-state index contributed by atoms with van der Waals surface area (Å²) in [5, 5.41) is 17.2. The molecule has 0 radical (unpaired) electrons. The first-order valence-electron chi connectivity index (χ1n) is 6.35. The van der Waals surface area contributed by atoms with Crippen molar-refractivity contribution in [3.63, 3.8) is 0 Å². The van der Waals surface area contributed by atoms with Crippen LogP contribution in [0.2, 0.25) is 0 Å². The Morgan fingerprint density at radius 3 is 2.60 bits per heavy atom. The lowest BCUT2D eigenvalue weighted by Crippen LogP contribution is -2.03. The van der Waals surface area contributed by atoms with E-state index in [4.69, 9.17) is 0 Å². The summed E-state index contributed by atoms with van der Waals surface area (Å²) in [5.41, 5.74) is 2.52.